The molecular formula is C19H22N2O4S. The maximum absolute atomic E-state index is 12.3. The monoisotopic (exact) mass is 374 g/mol. The predicted octanol–water partition coefficient (Wildman–Crippen LogP) is 2.78. The molecule has 3 rings (SSSR count). The van der Waals surface area contributed by atoms with Gasteiger partial charge in [-0.1, -0.05) is 30.0 Å². The molecule has 1 aliphatic heterocycles. The van der Waals surface area contributed by atoms with Crippen molar-refractivity contribution in [2.75, 3.05) is 45.3 Å². The lowest BCUT2D eigenvalue weighted by Gasteiger charge is -2.21. The summed E-state index contributed by atoms with van der Waals surface area (Å²) in [6.45, 7) is 2.43. The van der Waals surface area contributed by atoms with Crippen molar-refractivity contribution in [1.29, 1.82) is 0 Å². The molecule has 138 valence electrons. The normalized spacial score (nSPS) is 12.7. The van der Waals surface area contributed by atoms with E-state index in [-0.39, 0.29) is 12.5 Å². The Balaban J connectivity index is 1.76. The van der Waals surface area contributed by atoms with Crippen molar-refractivity contribution in [3.05, 3.63) is 42.5 Å². The molecule has 1 amide bonds. The highest BCUT2D eigenvalue weighted by Gasteiger charge is 2.18. The summed E-state index contributed by atoms with van der Waals surface area (Å²) in [6, 6.07) is 13.7. The second-order valence-corrected chi connectivity index (χ2v) is 6.74. The van der Waals surface area contributed by atoms with Crippen molar-refractivity contribution in [2.45, 2.75) is 9.79 Å². The number of rotatable bonds is 8. The summed E-state index contributed by atoms with van der Waals surface area (Å²) in [5, 5.41) is 6.00. The molecule has 6 nitrogen and oxygen atoms in total. The van der Waals surface area contributed by atoms with E-state index in [1.807, 2.05) is 42.5 Å². The Bertz CT molecular complexity index is 740. The lowest BCUT2D eigenvalue weighted by atomic mass is 10.2. The van der Waals surface area contributed by atoms with Crippen molar-refractivity contribution in [1.82, 2.24) is 5.32 Å². The molecule has 2 aromatic carbocycles. The van der Waals surface area contributed by atoms with Crippen LogP contribution in [0.4, 0.5) is 5.69 Å². The Kier molecular flexibility index (Phi) is 6.76. The maximum atomic E-state index is 12.3. The molecule has 0 saturated heterocycles. The van der Waals surface area contributed by atoms with Gasteiger partial charge in [-0.25, -0.2) is 0 Å². The smallest absolute Gasteiger partial charge is 0.238 e. The average Bonchev–Trinajstić information content (AvgIpc) is 2.66. The van der Waals surface area contributed by atoms with Gasteiger partial charge in [-0.15, -0.1) is 0 Å². The molecule has 2 aromatic rings. The van der Waals surface area contributed by atoms with Gasteiger partial charge in [0.05, 0.1) is 18.8 Å². The molecule has 7 heteroatoms. The van der Waals surface area contributed by atoms with Crippen LogP contribution in [0.2, 0.25) is 0 Å². The van der Waals surface area contributed by atoms with Gasteiger partial charge >= 0.3 is 0 Å². The van der Waals surface area contributed by atoms with Gasteiger partial charge in [-0.05, 0) is 12.1 Å². The summed E-state index contributed by atoms with van der Waals surface area (Å²) < 4.78 is 16.3. The topological polar surface area (TPSA) is 68.8 Å². The average molecular weight is 374 g/mol. The Labute approximate surface area is 157 Å². The van der Waals surface area contributed by atoms with E-state index in [1.165, 1.54) is 0 Å². The van der Waals surface area contributed by atoms with Crippen LogP contribution in [0.1, 0.15) is 0 Å². The van der Waals surface area contributed by atoms with Crippen molar-refractivity contribution < 1.29 is 19.0 Å². The zero-order valence-corrected chi connectivity index (χ0v) is 15.4. The highest BCUT2D eigenvalue weighted by Crippen LogP contribution is 2.42. The fourth-order valence-electron chi connectivity index (χ4n) is 2.44. The van der Waals surface area contributed by atoms with Gasteiger partial charge in [0.1, 0.15) is 13.2 Å². The molecule has 0 aliphatic carbocycles. The first kappa shape index (κ1) is 18.6. The fraction of sp³-hybridized carbons (Fsp3) is 0.316. The van der Waals surface area contributed by atoms with E-state index >= 15 is 0 Å². The number of amides is 1. The van der Waals surface area contributed by atoms with Crippen LogP contribution in [0.25, 0.3) is 0 Å². The molecule has 0 radical (unpaired) electrons. The standard InChI is InChI=1S/C19H22N2O4S/c1-23-8-7-20-13-19(22)21-15-11-16-17(25-10-9-24-16)12-18(15)26-14-5-3-2-4-6-14/h2-6,11-12,20H,7-10,13H2,1H3,(H,21,22). The van der Waals surface area contributed by atoms with Crippen LogP contribution in [0, 0.1) is 0 Å². The number of benzene rings is 2. The van der Waals surface area contributed by atoms with Crippen LogP contribution >= 0.6 is 11.8 Å². The molecule has 1 aliphatic rings. The number of hydrogen-bond acceptors (Lipinski definition) is 6. The van der Waals surface area contributed by atoms with E-state index in [4.69, 9.17) is 14.2 Å². The summed E-state index contributed by atoms with van der Waals surface area (Å²) in [5.74, 6) is 1.23. The van der Waals surface area contributed by atoms with Crippen LogP contribution in [-0.2, 0) is 9.53 Å². The Hall–Kier alpha value is -2.22. The zero-order valence-electron chi connectivity index (χ0n) is 14.6. The van der Waals surface area contributed by atoms with Gasteiger partial charge in [0.2, 0.25) is 5.91 Å². The van der Waals surface area contributed by atoms with E-state index < -0.39 is 0 Å². The fourth-order valence-corrected chi connectivity index (χ4v) is 3.37. The zero-order chi connectivity index (χ0) is 18.2. The van der Waals surface area contributed by atoms with E-state index in [2.05, 4.69) is 10.6 Å². The number of methoxy groups -OCH3 is 1. The number of carbonyl (C=O) groups is 1. The van der Waals surface area contributed by atoms with Crippen LogP contribution < -0.4 is 20.1 Å². The Morgan fingerprint density at radius 1 is 1.15 bits per heavy atom. The molecule has 26 heavy (non-hydrogen) atoms. The third kappa shape index (κ3) is 5.14. The van der Waals surface area contributed by atoms with Gasteiger partial charge in [-0.3, -0.25) is 4.79 Å². The minimum atomic E-state index is -0.118. The molecule has 0 saturated carbocycles. The van der Waals surface area contributed by atoms with E-state index in [1.54, 1.807) is 18.9 Å². The number of hydrogen-bond donors (Lipinski definition) is 2. The van der Waals surface area contributed by atoms with E-state index in [9.17, 15) is 4.79 Å². The molecule has 0 unspecified atom stereocenters. The SMILES string of the molecule is COCCNCC(=O)Nc1cc2c(cc1Sc1ccccc1)OCCO2. The number of ether oxygens (including phenoxy) is 3. The minimum absolute atomic E-state index is 0.118. The van der Waals surface area contributed by atoms with Gasteiger partial charge in [0.25, 0.3) is 0 Å². The summed E-state index contributed by atoms with van der Waals surface area (Å²) in [6.07, 6.45) is 0. The number of nitrogens with one attached hydrogen (secondary N) is 2. The van der Waals surface area contributed by atoms with Gasteiger partial charge in [0, 0.05) is 35.6 Å². The van der Waals surface area contributed by atoms with Crippen LogP contribution in [0.15, 0.2) is 52.3 Å². The summed E-state index contributed by atoms with van der Waals surface area (Å²) in [5.41, 5.74) is 0.710. The lowest BCUT2D eigenvalue weighted by molar-refractivity contribution is -0.115. The van der Waals surface area contributed by atoms with Crippen LogP contribution in [-0.4, -0.2) is 45.9 Å². The number of anilines is 1. The van der Waals surface area contributed by atoms with Crippen molar-refractivity contribution in [2.24, 2.45) is 0 Å². The summed E-state index contributed by atoms with van der Waals surface area (Å²) in [4.78, 5) is 14.2. The second-order valence-electron chi connectivity index (χ2n) is 5.62. The number of carbonyl (C=O) groups excluding carboxylic acids is 1. The van der Waals surface area contributed by atoms with E-state index in [0.29, 0.717) is 43.6 Å². The van der Waals surface area contributed by atoms with Gasteiger partial charge in [0.15, 0.2) is 11.5 Å². The Morgan fingerprint density at radius 2 is 1.88 bits per heavy atom. The third-order valence-electron chi connectivity index (χ3n) is 3.66. The summed E-state index contributed by atoms with van der Waals surface area (Å²) >= 11 is 1.57. The molecule has 0 fully saturated rings. The van der Waals surface area contributed by atoms with Crippen LogP contribution in [0.3, 0.4) is 0 Å². The first-order valence-electron chi connectivity index (χ1n) is 8.42. The molecular weight excluding hydrogens is 352 g/mol. The Morgan fingerprint density at radius 3 is 2.62 bits per heavy atom. The van der Waals surface area contributed by atoms with Gasteiger partial charge < -0.3 is 24.8 Å². The molecule has 1 heterocycles. The molecule has 2 N–H and O–H groups in total. The highest BCUT2D eigenvalue weighted by atomic mass is 32.2. The highest BCUT2D eigenvalue weighted by molar-refractivity contribution is 7.99. The third-order valence-corrected chi connectivity index (χ3v) is 4.72. The number of fused-ring (bicyclic) bond motifs is 1. The lowest BCUT2D eigenvalue weighted by Crippen LogP contribution is -2.30. The van der Waals surface area contributed by atoms with Crippen molar-refractivity contribution >= 4 is 23.4 Å². The van der Waals surface area contributed by atoms with Gasteiger partial charge in [-0.2, -0.15) is 0 Å². The molecule has 0 spiro atoms. The van der Waals surface area contributed by atoms with Crippen molar-refractivity contribution in [3.8, 4) is 11.5 Å². The van der Waals surface area contributed by atoms with E-state index in [0.717, 1.165) is 9.79 Å². The first-order chi connectivity index (χ1) is 12.8. The molecule has 0 aromatic heterocycles. The molecule has 0 bridgehead atoms. The first-order valence-corrected chi connectivity index (χ1v) is 9.24. The largest absolute Gasteiger partial charge is 0.486 e. The predicted molar refractivity (Wildman–Crippen MR) is 101 cm³/mol. The quantitative estimate of drug-likeness (QED) is 0.693. The maximum Gasteiger partial charge on any atom is 0.238 e. The molecule has 0 atom stereocenters. The summed E-state index contributed by atoms with van der Waals surface area (Å²) in [7, 11) is 1.63. The van der Waals surface area contributed by atoms with Crippen molar-refractivity contribution in [3.63, 3.8) is 0 Å². The van der Waals surface area contributed by atoms with Crippen LogP contribution in [0.5, 0.6) is 11.5 Å². The minimum Gasteiger partial charge on any atom is -0.486 e. The second kappa shape index (κ2) is 9.47.